The Hall–Kier alpha value is -2.98. The van der Waals surface area contributed by atoms with E-state index in [2.05, 4.69) is 29.8 Å². The van der Waals surface area contributed by atoms with E-state index in [0.29, 0.717) is 13.0 Å². The molecule has 0 aromatic carbocycles. The lowest BCUT2D eigenvalue weighted by Gasteiger charge is -2.38. The molecule has 0 aromatic rings. The highest BCUT2D eigenvalue weighted by Gasteiger charge is 2.70. The number of nitrogens with two attached hydrogens (primary N) is 1. The molecule has 4 unspecified atom stereocenters. The molecule has 3 aliphatic rings. The highest BCUT2D eigenvalue weighted by Crippen LogP contribution is 2.65. The van der Waals surface area contributed by atoms with Gasteiger partial charge in [0.1, 0.15) is 18.1 Å². The summed E-state index contributed by atoms with van der Waals surface area (Å²) >= 11 is 0. The van der Waals surface area contributed by atoms with E-state index >= 15 is 0 Å². The van der Waals surface area contributed by atoms with Crippen LogP contribution < -0.4 is 21.7 Å². The molecule has 1 aliphatic heterocycles. The molecule has 2 aliphatic carbocycles. The third-order valence-electron chi connectivity index (χ3n) is 9.14. The van der Waals surface area contributed by atoms with E-state index in [9.17, 15) is 28.8 Å². The van der Waals surface area contributed by atoms with Crippen LogP contribution in [0.4, 0.5) is 0 Å². The summed E-state index contributed by atoms with van der Waals surface area (Å²) in [4.78, 5) is 78.7. The Bertz CT molecular complexity index is 1060. The van der Waals surface area contributed by atoms with Gasteiger partial charge in [0, 0.05) is 13.5 Å². The summed E-state index contributed by atoms with van der Waals surface area (Å²) in [6.07, 6.45) is 3.23. The number of amides is 5. The van der Waals surface area contributed by atoms with E-state index in [-0.39, 0.29) is 35.0 Å². The van der Waals surface area contributed by atoms with Crippen molar-refractivity contribution in [2.75, 3.05) is 6.54 Å². The van der Waals surface area contributed by atoms with Crippen molar-refractivity contribution in [1.29, 1.82) is 0 Å². The fourth-order valence-corrected chi connectivity index (χ4v) is 6.34. The number of primary amides is 1. The fraction of sp³-hybridized carbons (Fsp3) is 0.793. The second-order valence-corrected chi connectivity index (χ2v) is 13.9. The quantitative estimate of drug-likeness (QED) is 0.273. The molecule has 40 heavy (non-hydrogen) atoms. The zero-order valence-electron chi connectivity index (χ0n) is 25.1. The van der Waals surface area contributed by atoms with Crippen LogP contribution >= 0.6 is 0 Å². The van der Waals surface area contributed by atoms with Crippen molar-refractivity contribution in [2.24, 2.45) is 40.2 Å². The number of hydrogen-bond acceptors (Lipinski definition) is 6. The molecule has 1 heterocycles. The number of likely N-dealkylation sites (tertiary alicyclic amines) is 1. The van der Waals surface area contributed by atoms with Gasteiger partial charge in [-0.3, -0.25) is 28.8 Å². The van der Waals surface area contributed by atoms with Crippen LogP contribution in [-0.4, -0.2) is 70.9 Å². The van der Waals surface area contributed by atoms with Crippen molar-refractivity contribution >= 4 is 35.3 Å². The predicted molar refractivity (Wildman–Crippen MR) is 148 cm³/mol. The van der Waals surface area contributed by atoms with Crippen LogP contribution in [-0.2, 0) is 28.8 Å². The third-order valence-corrected chi connectivity index (χ3v) is 9.14. The maximum Gasteiger partial charge on any atom is 0.287 e. The molecule has 3 rings (SSSR count). The topological polar surface area (TPSA) is 168 Å². The lowest BCUT2D eigenvalue weighted by Crippen LogP contribution is -2.62. The average molecular weight is 562 g/mol. The summed E-state index contributed by atoms with van der Waals surface area (Å²) in [6, 6.07) is -3.68. The van der Waals surface area contributed by atoms with Crippen LogP contribution in [0.1, 0.15) is 81.1 Å². The Kier molecular flexibility index (Phi) is 9.06. The zero-order chi connectivity index (χ0) is 30.3. The van der Waals surface area contributed by atoms with Gasteiger partial charge in [0.2, 0.25) is 29.4 Å². The van der Waals surface area contributed by atoms with E-state index in [1.165, 1.54) is 11.8 Å². The maximum absolute atomic E-state index is 14.1. The summed E-state index contributed by atoms with van der Waals surface area (Å²) < 4.78 is 0. The van der Waals surface area contributed by atoms with Crippen molar-refractivity contribution in [3.63, 3.8) is 0 Å². The first-order chi connectivity index (χ1) is 18.4. The van der Waals surface area contributed by atoms with Crippen LogP contribution in [0.5, 0.6) is 0 Å². The van der Waals surface area contributed by atoms with Crippen molar-refractivity contribution in [3.8, 4) is 0 Å². The normalized spacial score (nSPS) is 25.6. The fourth-order valence-electron chi connectivity index (χ4n) is 6.34. The molecule has 0 spiro atoms. The van der Waals surface area contributed by atoms with Gasteiger partial charge in [-0.25, -0.2) is 0 Å². The van der Waals surface area contributed by atoms with E-state index < -0.39 is 59.0 Å². The van der Waals surface area contributed by atoms with Crippen LogP contribution in [0, 0.1) is 34.5 Å². The van der Waals surface area contributed by atoms with Crippen LogP contribution in [0.3, 0.4) is 0 Å². The largest absolute Gasteiger partial charge is 0.363 e. The van der Waals surface area contributed by atoms with Gasteiger partial charge in [-0.2, -0.15) is 0 Å². The molecule has 5 N–H and O–H groups in total. The van der Waals surface area contributed by atoms with Gasteiger partial charge >= 0.3 is 0 Å². The van der Waals surface area contributed by atoms with Crippen LogP contribution in [0.25, 0.3) is 0 Å². The maximum atomic E-state index is 14.1. The summed E-state index contributed by atoms with van der Waals surface area (Å²) in [5.74, 6) is -3.65. The van der Waals surface area contributed by atoms with Gasteiger partial charge in [0.25, 0.3) is 5.91 Å². The molecular weight excluding hydrogens is 514 g/mol. The Morgan fingerprint density at radius 1 is 1.00 bits per heavy atom. The number of nitrogens with one attached hydrogen (secondary N) is 3. The third kappa shape index (κ3) is 6.49. The number of carbonyl (C=O) groups excluding carboxylic acids is 6. The highest BCUT2D eigenvalue weighted by atomic mass is 16.2. The van der Waals surface area contributed by atoms with Gasteiger partial charge < -0.3 is 26.6 Å². The van der Waals surface area contributed by atoms with Gasteiger partial charge in [0.05, 0.1) is 6.04 Å². The lowest BCUT2D eigenvalue weighted by atomic mass is 9.80. The Balaban J connectivity index is 1.86. The Morgan fingerprint density at radius 2 is 1.60 bits per heavy atom. The predicted octanol–water partition coefficient (Wildman–Crippen LogP) is 0.890. The van der Waals surface area contributed by atoms with Crippen molar-refractivity contribution in [1.82, 2.24) is 20.9 Å². The Morgan fingerprint density at radius 3 is 2.05 bits per heavy atom. The number of nitrogens with zero attached hydrogens (tertiary/aromatic N) is 1. The molecule has 0 bridgehead atoms. The van der Waals surface area contributed by atoms with Gasteiger partial charge in [-0.15, -0.1) is 0 Å². The first-order valence-electron chi connectivity index (χ1n) is 14.4. The van der Waals surface area contributed by atoms with Crippen LogP contribution in [0.2, 0.25) is 0 Å². The molecule has 6 atom stereocenters. The minimum atomic E-state index is -1.09. The van der Waals surface area contributed by atoms with Gasteiger partial charge in [-0.1, -0.05) is 67.7 Å². The van der Waals surface area contributed by atoms with E-state index in [1.807, 2.05) is 20.8 Å². The van der Waals surface area contributed by atoms with Crippen molar-refractivity contribution in [2.45, 2.75) is 105 Å². The molecule has 5 amide bonds. The second kappa shape index (κ2) is 11.5. The number of Topliss-reactive ketones (excluding diaryl/α,β-unsaturated/α-hetero) is 1. The first-order valence-corrected chi connectivity index (χ1v) is 14.4. The molecule has 3 fully saturated rings. The number of fused-ring (bicyclic) bond motifs is 1. The molecular formula is C29H47N5O6. The molecule has 224 valence electrons. The minimum absolute atomic E-state index is 0.0863. The summed E-state index contributed by atoms with van der Waals surface area (Å²) in [6.45, 7) is 14.9. The van der Waals surface area contributed by atoms with Gasteiger partial charge in [-0.05, 0) is 40.9 Å². The number of hydrogen-bond donors (Lipinski definition) is 4. The smallest absolute Gasteiger partial charge is 0.287 e. The van der Waals surface area contributed by atoms with E-state index in [0.717, 1.165) is 19.3 Å². The molecule has 0 radical (unpaired) electrons. The van der Waals surface area contributed by atoms with E-state index in [1.54, 1.807) is 13.8 Å². The molecule has 0 aromatic heterocycles. The van der Waals surface area contributed by atoms with Crippen LogP contribution in [0.15, 0.2) is 0 Å². The Labute approximate surface area is 237 Å². The molecule has 11 heteroatoms. The number of piperidine rings is 1. The zero-order valence-corrected chi connectivity index (χ0v) is 25.1. The number of rotatable bonds is 11. The van der Waals surface area contributed by atoms with Crippen molar-refractivity contribution < 1.29 is 28.8 Å². The van der Waals surface area contributed by atoms with E-state index in [4.69, 9.17) is 5.73 Å². The minimum Gasteiger partial charge on any atom is -0.363 e. The summed E-state index contributed by atoms with van der Waals surface area (Å²) in [5.41, 5.74) is 4.41. The number of carbonyl (C=O) groups is 6. The standard InChI is InChI=1S/C29H47N5O6/c1-14(2)20(31-15(3)35)25(38)33-23(28(4,5)6)27(40)34-13-17-19(29(17,7)8)21(34)26(39)32-18(22(36)24(30)37)12-16-10-9-11-16/h14,16-21,23H,9-13H2,1-8H3,(H2,30,37)(H,31,35)(H,32,39)(H,33,38)/t17-,18?,19-,20?,21?,23?/m0/s1. The van der Waals surface area contributed by atoms with Gasteiger partial charge in [0.15, 0.2) is 0 Å². The number of ketones is 1. The summed E-state index contributed by atoms with van der Waals surface area (Å²) in [7, 11) is 0. The average Bonchev–Trinajstić information content (AvgIpc) is 3.14. The summed E-state index contributed by atoms with van der Waals surface area (Å²) in [5, 5.41) is 8.28. The monoisotopic (exact) mass is 561 g/mol. The molecule has 1 saturated heterocycles. The lowest BCUT2D eigenvalue weighted by molar-refractivity contribution is -0.147. The van der Waals surface area contributed by atoms with Crippen molar-refractivity contribution in [3.05, 3.63) is 0 Å². The second-order valence-electron chi connectivity index (χ2n) is 13.9. The molecule has 11 nitrogen and oxygen atoms in total. The highest BCUT2D eigenvalue weighted by molar-refractivity contribution is 6.37. The SMILES string of the molecule is CC(=O)NC(C(=O)NC(C(=O)N1C[C@H]2[C@@H](C1C(=O)NC(CC1CCC1)C(=O)C(N)=O)C2(C)C)C(C)(C)C)C(C)C. The molecule has 2 saturated carbocycles. The first kappa shape index (κ1) is 31.5.